The van der Waals surface area contributed by atoms with E-state index in [1.54, 1.807) is 18.2 Å². The zero-order valence-corrected chi connectivity index (χ0v) is 10.3. The van der Waals surface area contributed by atoms with E-state index >= 15 is 0 Å². The second-order valence-corrected chi connectivity index (χ2v) is 4.37. The van der Waals surface area contributed by atoms with E-state index < -0.39 is 5.91 Å². The van der Waals surface area contributed by atoms with Gasteiger partial charge in [0.05, 0.1) is 19.1 Å². The Bertz CT molecular complexity index is 435. The normalized spacial score (nSPS) is 9.94. The lowest BCUT2D eigenvalue weighted by Gasteiger charge is -2.08. The van der Waals surface area contributed by atoms with Crippen molar-refractivity contribution < 1.29 is 14.3 Å². The molecule has 1 aromatic rings. The van der Waals surface area contributed by atoms with Gasteiger partial charge in [-0.05, 0) is 12.1 Å². The molecule has 0 aliphatic heterocycles. The molecule has 6 heteroatoms. The van der Waals surface area contributed by atoms with Crippen LogP contribution in [0.5, 0.6) is 0 Å². The molecule has 1 amide bonds. The van der Waals surface area contributed by atoms with Crippen LogP contribution >= 0.6 is 11.8 Å². The van der Waals surface area contributed by atoms with E-state index in [4.69, 9.17) is 11.5 Å². The number of carbonyl (C=O) groups excluding carboxylic acids is 2. The maximum atomic E-state index is 11.2. The molecule has 0 atom stereocenters. The van der Waals surface area contributed by atoms with Gasteiger partial charge in [-0.2, -0.15) is 0 Å². The Kier molecular flexibility index (Phi) is 4.84. The lowest BCUT2D eigenvalue weighted by molar-refractivity contribution is -0.140. The standard InChI is InChI=1S/C11H14N2O3S/c1-16-9(14)5-6-17-10-7(11(13)15)3-2-4-8(10)12/h2-4H,5-6,12H2,1H3,(H2,13,15). The maximum absolute atomic E-state index is 11.2. The molecular weight excluding hydrogens is 240 g/mol. The Morgan fingerprint density at radius 1 is 1.41 bits per heavy atom. The number of amides is 1. The molecule has 0 spiro atoms. The van der Waals surface area contributed by atoms with Crippen molar-refractivity contribution in [1.82, 2.24) is 0 Å². The van der Waals surface area contributed by atoms with Gasteiger partial charge in [0, 0.05) is 16.3 Å². The molecule has 0 aliphatic rings. The van der Waals surface area contributed by atoms with Crippen molar-refractivity contribution in [2.45, 2.75) is 11.3 Å². The van der Waals surface area contributed by atoms with Crippen molar-refractivity contribution in [3.8, 4) is 0 Å². The predicted molar refractivity (Wildman–Crippen MR) is 66.7 cm³/mol. The number of nitrogen functional groups attached to an aromatic ring is 1. The van der Waals surface area contributed by atoms with Gasteiger partial charge in [-0.3, -0.25) is 9.59 Å². The fourth-order valence-corrected chi connectivity index (χ4v) is 2.28. The van der Waals surface area contributed by atoms with Crippen LogP contribution in [0.25, 0.3) is 0 Å². The number of rotatable bonds is 5. The van der Waals surface area contributed by atoms with Crippen molar-refractivity contribution in [3.63, 3.8) is 0 Å². The van der Waals surface area contributed by atoms with Crippen molar-refractivity contribution in [1.29, 1.82) is 0 Å². The molecular formula is C11H14N2O3S. The summed E-state index contributed by atoms with van der Waals surface area (Å²) >= 11 is 1.32. The van der Waals surface area contributed by atoms with Crippen LogP contribution in [0, 0.1) is 0 Å². The molecule has 0 saturated carbocycles. The molecule has 0 aliphatic carbocycles. The number of hydrogen-bond donors (Lipinski definition) is 2. The third kappa shape index (κ3) is 3.67. The molecule has 5 nitrogen and oxygen atoms in total. The van der Waals surface area contributed by atoms with E-state index in [1.165, 1.54) is 18.9 Å². The Hall–Kier alpha value is -1.69. The maximum Gasteiger partial charge on any atom is 0.306 e. The molecule has 4 N–H and O–H groups in total. The van der Waals surface area contributed by atoms with E-state index in [-0.39, 0.29) is 12.4 Å². The van der Waals surface area contributed by atoms with Crippen LogP contribution < -0.4 is 11.5 Å². The summed E-state index contributed by atoms with van der Waals surface area (Å²) in [6.45, 7) is 0. The van der Waals surface area contributed by atoms with E-state index in [0.29, 0.717) is 21.9 Å². The molecule has 0 fully saturated rings. The second-order valence-electron chi connectivity index (χ2n) is 3.26. The number of hydrogen-bond acceptors (Lipinski definition) is 5. The second kappa shape index (κ2) is 6.15. The number of benzene rings is 1. The molecule has 0 unspecified atom stereocenters. The van der Waals surface area contributed by atoms with Gasteiger partial charge in [-0.15, -0.1) is 11.8 Å². The molecule has 0 saturated heterocycles. The van der Waals surface area contributed by atoms with Gasteiger partial charge in [0.1, 0.15) is 0 Å². The average molecular weight is 254 g/mol. The molecule has 0 heterocycles. The van der Waals surface area contributed by atoms with Crippen molar-refractivity contribution >= 4 is 29.3 Å². The van der Waals surface area contributed by atoms with E-state index in [0.717, 1.165) is 0 Å². The van der Waals surface area contributed by atoms with Gasteiger partial charge < -0.3 is 16.2 Å². The highest BCUT2D eigenvalue weighted by molar-refractivity contribution is 7.99. The minimum Gasteiger partial charge on any atom is -0.469 e. The van der Waals surface area contributed by atoms with Crippen LogP contribution in [-0.2, 0) is 9.53 Å². The Balaban J connectivity index is 2.76. The molecule has 0 radical (unpaired) electrons. The summed E-state index contributed by atoms with van der Waals surface area (Å²) in [5.41, 5.74) is 11.9. The number of primary amides is 1. The van der Waals surface area contributed by atoms with Gasteiger partial charge in [0.2, 0.25) is 5.91 Å². The highest BCUT2D eigenvalue weighted by Gasteiger charge is 2.12. The monoisotopic (exact) mass is 254 g/mol. The Morgan fingerprint density at radius 3 is 2.71 bits per heavy atom. The first-order chi connectivity index (χ1) is 8.06. The van der Waals surface area contributed by atoms with Gasteiger partial charge >= 0.3 is 5.97 Å². The molecule has 0 aromatic heterocycles. The summed E-state index contributed by atoms with van der Waals surface area (Å²) in [6.07, 6.45) is 0.258. The predicted octanol–water partition coefficient (Wildman–Crippen LogP) is 1.02. The van der Waals surface area contributed by atoms with Crippen molar-refractivity contribution in [2.75, 3.05) is 18.6 Å². The van der Waals surface area contributed by atoms with Gasteiger partial charge in [-0.25, -0.2) is 0 Å². The number of anilines is 1. The fourth-order valence-electron chi connectivity index (χ4n) is 1.25. The van der Waals surface area contributed by atoms with Crippen LogP contribution in [0.2, 0.25) is 0 Å². The lowest BCUT2D eigenvalue weighted by atomic mass is 10.2. The number of methoxy groups -OCH3 is 1. The topological polar surface area (TPSA) is 95.4 Å². The third-order valence-corrected chi connectivity index (χ3v) is 3.24. The summed E-state index contributed by atoms with van der Waals surface area (Å²) in [7, 11) is 1.33. The van der Waals surface area contributed by atoms with Crippen molar-refractivity contribution in [3.05, 3.63) is 23.8 Å². The highest BCUT2D eigenvalue weighted by Crippen LogP contribution is 2.29. The molecule has 1 rings (SSSR count). The highest BCUT2D eigenvalue weighted by atomic mass is 32.2. The number of ether oxygens (including phenoxy) is 1. The van der Waals surface area contributed by atoms with Crippen LogP contribution in [-0.4, -0.2) is 24.7 Å². The minimum atomic E-state index is -0.530. The zero-order valence-electron chi connectivity index (χ0n) is 9.43. The number of thioether (sulfide) groups is 1. The largest absolute Gasteiger partial charge is 0.469 e. The zero-order chi connectivity index (χ0) is 12.8. The van der Waals surface area contributed by atoms with E-state index in [2.05, 4.69) is 4.74 Å². The Morgan fingerprint density at radius 2 is 2.12 bits per heavy atom. The van der Waals surface area contributed by atoms with Crippen LogP contribution in [0.4, 0.5) is 5.69 Å². The number of carbonyl (C=O) groups is 2. The molecule has 1 aromatic carbocycles. The summed E-state index contributed by atoms with van der Waals surface area (Å²) in [4.78, 5) is 22.8. The molecule has 17 heavy (non-hydrogen) atoms. The van der Waals surface area contributed by atoms with E-state index in [1.807, 2.05) is 0 Å². The first-order valence-corrected chi connectivity index (χ1v) is 5.92. The first-order valence-electron chi connectivity index (χ1n) is 4.94. The summed E-state index contributed by atoms with van der Waals surface area (Å²) in [5.74, 6) is -0.341. The summed E-state index contributed by atoms with van der Waals surface area (Å²) in [5, 5.41) is 0. The first kappa shape index (κ1) is 13.4. The smallest absolute Gasteiger partial charge is 0.306 e. The summed E-state index contributed by atoms with van der Waals surface area (Å²) in [6, 6.07) is 4.96. The average Bonchev–Trinajstić information content (AvgIpc) is 2.30. The van der Waals surface area contributed by atoms with Crippen LogP contribution in [0.3, 0.4) is 0 Å². The quantitative estimate of drug-likeness (QED) is 0.464. The summed E-state index contributed by atoms with van der Waals surface area (Å²) < 4.78 is 4.52. The Labute approximate surface area is 103 Å². The fraction of sp³-hybridized carbons (Fsp3) is 0.273. The third-order valence-electron chi connectivity index (χ3n) is 2.09. The SMILES string of the molecule is COC(=O)CCSc1c(N)cccc1C(N)=O. The molecule has 0 bridgehead atoms. The number of nitrogens with two attached hydrogens (primary N) is 2. The molecule has 92 valence electrons. The van der Waals surface area contributed by atoms with Gasteiger partial charge in [0.15, 0.2) is 0 Å². The van der Waals surface area contributed by atoms with Gasteiger partial charge in [-0.1, -0.05) is 6.07 Å². The number of esters is 1. The van der Waals surface area contributed by atoms with Crippen LogP contribution in [0.15, 0.2) is 23.1 Å². The minimum absolute atomic E-state index is 0.258. The van der Waals surface area contributed by atoms with Crippen molar-refractivity contribution in [2.24, 2.45) is 5.73 Å². The van der Waals surface area contributed by atoms with E-state index in [9.17, 15) is 9.59 Å². The van der Waals surface area contributed by atoms with Gasteiger partial charge in [0.25, 0.3) is 0 Å². The lowest BCUT2D eigenvalue weighted by Crippen LogP contribution is -2.13. The van der Waals surface area contributed by atoms with Crippen LogP contribution in [0.1, 0.15) is 16.8 Å².